The Morgan fingerprint density at radius 2 is 1.48 bits per heavy atom. The molecule has 0 heterocycles. The van der Waals surface area contributed by atoms with Crippen molar-refractivity contribution >= 4 is 17.4 Å². The maximum atomic E-state index is 14.1. The average Bonchev–Trinajstić information content (AvgIpc) is 2.74. The summed E-state index contributed by atoms with van der Waals surface area (Å²) in [4.78, 5) is 16.2. The molecule has 0 saturated heterocycles. The highest BCUT2D eigenvalue weighted by atomic mass is 35.5. The van der Waals surface area contributed by atoms with Crippen LogP contribution in [0, 0.1) is 5.82 Å². The normalized spacial score (nSPS) is 12.8. The first-order chi connectivity index (χ1) is 13.9. The summed E-state index contributed by atoms with van der Waals surface area (Å²) in [7, 11) is 4.01. The van der Waals surface area contributed by atoms with Gasteiger partial charge in [-0.15, -0.1) is 0 Å². The van der Waals surface area contributed by atoms with E-state index in [2.05, 4.69) is 11.8 Å². The van der Waals surface area contributed by atoms with Gasteiger partial charge in [-0.2, -0.15) is 0 Å². The maximum Gasteiger partial charge on any atom is 0.177 e. The van der Waals surface area contributed by atoms with Gasteiger partial charge >= 0.3 is 0 Å². The van der Waals surface area contributed by atoms with Gasteiger partial charge in [0.2, 0.25) is 0 Å². The van der Waals surface area contributed by atoms with Crippen LogP contribution >= 0.6 is 11.6 Å². The third-order valence-corrected chi connectivity index (χ3v) is 5.88. The van der Waals surface area contributed by atoms with Crippen LogP contribution in [0.2, 0.25) is 5.02 Å². The van der Waals surface area contributed by atoms with Crippen LogP contribution in [-0.4, -0.2) is 30.8 Å². The first kappa shape index (κ1) is 21.2. The molecule has 0 aliphatic carbocycles. The highest BCUT2D eigenvalue weighted by Crippen LogP contribution is 2.41. The van der Waals surface area contributed by atoms with Crippen molar-refractivity contribution in [2.45, 2.75) is 24.8 Å². The van der Waals surface area contributed by atoms with E-state index >= 15 is 0 Å². The molecule has 0 fully saturated rings. The maximum absolute atomic E-state index is 14.1. The number of hydrogen-bond donors (Lipinski definition) is 0. The number of halogens is 2. The zero-order chi connectivity index (χ0) is 21.0. The van der Waals surface area contributed by atoms with E-state index in [4.69, 9.17) is 11.6 Å². The first-order valence-electron chi connectivity index (χ1n) is 9.63. The van der Waals surface area contributed by atoms with Gasteiger partial charge in [0.25, 0.3) is 0 Å². The summed E-state index contributed by atoms with van der Waals surface area (Å²) in [5, 5.41) is -0.0495. The highest BCUT2D eigenvalue weighted by Gasteiger charge is 2.43. The van der Waals surface area contributed by atoms with Crippen molar-refractivity contribution < 1.29 is 9.18 Å². The minimum absolute atomic E-state index is 0.0495. The Kier molecular flexibility index (Phi) is 6.51. The fourth-order valence-electron chi connectivity index (χ4n) is 3.71. The summed E-state index contributed by atoms with van der Waals surface area (Å²) in [6.45, 7) is 2.10. The third-order valence-electron chi connectivity index (χ3n) is 5.59. The van der Waals surface area contributed by atoms with Crippen LogP contribution in [0.5, 0.6) is 0 Å². The molecule has 3 aromatic carbocycles. The Labute approximate surface area is 176 Å². The van der Waals surface area contributed by atoms with Crippen molar-refractivity contribution in [1.82, 2.24) is 4.90 Å². The van der Waals surface area contributed by atoms with Gasteiger partial charge in [0.1, 0.15) is 5.82 Å². The van der Waals surface area contributed by atoms with E-state index in [-0.39, 0.29) is 16.8 Å². The molecule has 1 atom stereocenters. The van der Waals surface area contributed by atoms with E-state index in [1.54, 1.807) is 0 Å². The van der Waals surface area contributed by atoms with Crippen LogP contribution in [0.1, 0.15) is 34.8 Å². The van der Waals surface area contributed by atoms with Crippen LogP contribution in [0.4, 0.5) is 4.39 Å². The Balaban J connectivity index is 2.28. The number of hydrogen-bond acceptors (Lipinski definition) is 2. The summed E-state index contributed by atoms with van der Waals surface area (Å²) in [5.74, 6) is -0.625. The molecule has 150 valence electrons. The second-order valence-corrected chi connectivity index (χ2v) is 8.02. The molecule has 0 amide bonds. The van der Waals surface area contributed by atoms with Crippen molar-refractivity contribution in [1.29, 1.82) is 0 Å². The number of carbonyl (C=O) groups is 1. The molecule has 0 saturated carbocycles. The number of nitrogens with zero attached hydrogens (tertiary/aromatic N) is 1. The predicted molar refractivity (Wildman–Crippen MR) is 117 cm³/mol. The van der Waals surface area contributed by atoms with Gasteiger partial charge in [-0.25, -0.2) is 4.39 Å². The minimum atomic E-state index is -0.923. The Morgan fingerprint density at radius 3 is 1.93 bits per heavy atom. The summed E-state index contributed by atoms with van der Waals surface area (Å²) in [6.07, 6.45) is 0.571. The van der Waals surface area contributed by atoms with Gasteiger partial charge in [-0.3, -0.25) is 4.79 Å². The smallest absolute Gasteiger partial charge is 0.177 e. The predicted octanol–water partition coefficient (Wildman–Crippen LogP) is 5.99. The highest BCUT2D eigenvalue weighted by molar-refractivity contribution is 6.31. The molecule has 0 spiro atoms. The number of Topliss-reactive ketones (excluding diaryl/α,β-unsaturated/α-hetero) is 1. The zero-order valence-corrected chi connectivity index (χ0v) is 17.7. The van der Waals surface area contributed by atoms with Crippen LogP contribution in [-0.2, 0) is 5.41 Å². The lowest BCUT2D eigenvalue weighted by atomic mass is 9.66. The summed E-state index contributed by atoms with van der Waals surface area (Å²) in [5.41, 5.74) is 1.29. The topological polar surface area (TPSA) is 20.3 Å². The number of rotatable bonds is 7. The molecule has 29 heavy (non-hydrogen) atoms. The minimum Gasteiger partial charge on any atom is -0.307 e. The largest absolute Gasteiger partial charge is 0.307 e. The molecule has 2 nitrogen and oxygen atoms in total. The lowest BCUT2D eigenvalue weighted by Crippen LogP contribution is -2.43. The van der Waals surface area contributed by atoms with Crippen molar-refractivity contribution in [2.24, 2.45) is 0 Å². The SMILES string of the molecule is C[C@@H](CC(C(=O)c1ccc(F)c(Cl)c1)(c1ccccc1)c1ccccc1)N(C)C. The standard InChI is InChI=1S/C25H25ClFNO/c1-18(28(2)3)17-25(20-10-6-4-7-11-20,21-12-8-5-9-13-21)24(29)19-14-15-23(27)22(26)16-19/h4-16,18H,17H2,1-3H3/t18-/m0/s1. The monoisotopic (exact) mass is 409 g/mol. The molecule has 0 bridgehead atoms. The molecule has 3 aromatic rings. The number of carbonyl (C=O) groups excluding carboxylic acids is 1. The van der Waals surface area contributed by atoms with Crippen LogP contribution in [0.3, 0.4) is 0 Å². The molecule has 4 heteroatoms. The molecule has 0 aliphatic heterocycles. The molecule has 0 radical (unpaired) electrons. The Morgan fingerprint density at radius 1 is 0.966 bits per heavy atom. The fraction of sp³-hybridized carbons (Fsp3) is 0.240. The Bertz CT molecular complexity index is 933. The van der Waals surface area contributed by atoms with Gasteiger partial charge in [0, 0.05) is 11.6 Å². The molecular formula is C25H25ClFNO. The lowest BCUT2D eigenvalue weighted by molar-refractivity contribution is 0.0882. The third kappa shape index (κ3) is 4.26. The van der Waals surface area contributed by atoms with Gasteiger partial charge in [-0.1, -0.05) is 72.3 Å². The van der Waals surface area contributed by atoms with E-state index in [0.717, 1.165) is 11.1 Å². The summed E-state index contributed by atoms with van der Waals surface area (Å²) >= 11 is 6.02. The second kappa shape index (κ2) is 8.89. The van der Waals surface area contributed by atoms with Crippen LogP contribution < -0.4 is 0 Å². The molecule has 0 aromatic heterocycles. The van der Waals surface area contributed by atoms with E-state index in [1.807, 2.05) is 74.8 Å². The average molecular weight is 410 g/mol. The van der Waals surface area contributed by atoms with E-state index in [1.165, 1.54) is 18.2 Å². The summed E-state index contributed by atoms with van der Waals surface area (Å²) < 4.78 is 13.8. The van der Waals surface area contributed by atoms with Crippen molar-refractivity contribution in [3.63, 3.8) is 0 Å². The van der Waals surface area contributed by atoms with Gasteiger partial charge in [0.15, 0.2) is 5.78 Å². The van der Waals surface area contributed by atoms with E-state index in [9.17, 15) is 9.18 Å². The van der Waals surface area contributed by atoms with Crippen LogP contribution in [0.25, 0.3) is 0 Å². The lowest BCUT2D eigenvalue weighted by Gasteiger charge is -2.38. The van der Waals surface area contributed by atoms with Crippen LogP contribution in [0.15, 0.2) is 78.9 Å². The van der Waals surface area contributed by atoms with E-state index < -0.39 is 11.2 Å². The number of ketones is 1. The molecule has 3 rings (SSSR count). The quantitative estimate of drug-likeness (QED) is 0.447. The van der Waals surface area contributed by atoms with Crippen molar-refractivity contribution in [3.05, 3.63) is 106 Å². The number of benzene rings is 3. The van der Waals surface area contributed by atoms with Gasteiger partial charge < -0.3 is 4.90 Å². The second-order valence-electron chi connectivity index (χ2n) is 7.61. The molecule has 0 unspecified atom stereocenters. The Hall–Kier alpha value is -2.49. The van der Waals surface area contributed by atoms with Gasteiger partial charge in [-0.05, 0) is 56.8 Å². The van der Waals surface area contributed by atoms with E-state index in [0.29, 0.717) is 12.0 Å². The molecule has 0 aliphatic rings. The van der Waals surface area contributed by atoms with Gasteiger partial charge in [0.05, 0.1) is 10.4 Å². The summed E-state index contributed by atoms with van der Waals surface area (Å²) in [6, 6.07) is 23.9. The van der Waals surface area contributed by atoms with Crippen molar-refractivity contribution in [3.8, 4) is 0 Å². The molecular weight excluding hydrogens is 385 g/mol. The van der Waals surface area contributed by atoms with Crippen molar-refractivity contribution in [2.75, 3.05) is 14.1 Å². The molecule has 0 N–H and O–H groups in total. The zero-order valence-electron chi connectivity index (χ0n) is 16.9. The fourth-order valence-corrected chi connectivity index (χ4v) is 3.89. The first-order valence-corrected chi connectivity index (χ1v) is 10.0.